The minimum atomic E-state index is -1.62. The number of carbonyl (C=O) groups excluding carboxylic acids is 2. The van der Waals surface area contributed by atoms with Crippen LogP contribution in [0.15, 0.2) is 36.5 Å². The van der Waals surface area contributed by atoms with Crippen LogP contribution in [0.25, 0.3) is 0 Å². The Balaban J connectivity index is 2.78. The summed E-state index contributed by atoms with van der Waals surface area (Å²) in [4.78, 5) is 26.4. The Morgan fingerprint density at radius 1 is 0.559 bits per heavy atom. The number of carbonyl (C=O) groups is 2. The van der Waals surface area contributed by atoms with Crippen LogP contribution in [0.5, 0.6) is 0 Å². The summed E-state index contributed by atoms with van der Waals surface area (Å²) in [5, 5.41) is 56.7. The van der Waals surface area contributed by atoms with E-state index in [1.807, 2.05) is 6.08 Å². The monoisotopic (exact) mass is 964 g/mol. The van der Waals surface area contributed by atoms with Crippen molar-refractivity contribution < 1.29 is 49.3 Å². The Kier molecular flexibility index (Phi) is 43.2. The SMILES string of the molecule is CCCCCCCC/C=C\CCCCCC(=O)OC1C(OCC(NC(=O)C(O)CCCC/C=C\CCCCCCCCC)C(O)/C=C/CCCCCCCCCCCCC)OC(CO)C(O)C1O. The van der Waals surface area contributed by atoms with Crippen molar-refractivity contribution in [1.82, 2.24) is 5.32 Å². The molecule has 0 bridgehead atoms. The Bertz CT molecular complexity index is 1240. The zero-order chi connectivity index (χ0) is 49.7. The fourth-order valence-corrected chi connectivity index (χ4v) is 8.70. The average Bonchev–Trinajstić information content (AvgIpc) is 3.33. The van der Waals surface area contributed by atoms with E-state index in [0.29, 0.717) is 12.8 Å². The van der Waals surface area contributed by atoms with Crippen molar-refractivity contribution in [3.8, 4) is 0 Å². The second-order valence-corrected chi connectivity index (χ2v) is 19.7. The van der Waals surface area contributed by atoms with Gasteiger partial charge in [-0.25, -0.2) is 0 Å². The fourth-order valence-electron chi connectivity index (χ4n) is 8.70. The molecular formula is C57H105NO10. The van der Waals surface area contributed by atoms with E-state index in [9.17, 15) is 35.1 Å². The van der Waals surface area contributed by atoms with Crippen LogP contribution in [-0.2, 0) is 23.8 Å². The van der Waals surface area contributed by atoms with Gasteiger partial charge < -0.3 is 45.1 Å². The van der Waals surface area contributed by atoms with Gasteiger partial charge in [-0.05, 0) is 77.0 Å². The van der Waals surface area contributed by atoms with Gasteiger partial charge in [0.05, 0.1) is 25.4 Å². The Morgan fingerprint density at radius 3 is 1.43 bits per heavy atom. The van der Waals surface area contributed by atoms with Gasteiger partial charge in [-0.1, -0.05) is 205 Å². The minimum Gasteiger partial charge on any atom is -0.454 e. The first-order valence-corrected chi connectivity index (χ1v) is 28.3. The molecule has 0 aromatic carbocycles. The number of rotatable bonds is 47. The van der Waals surface area contributed by atoms with E-state index >= 15 is 0 Å². The van der Waals surface area contributed by atoms with Gasteiger partial charge in [0.15, 0.2) is 12.4 Å². The van der Waals surface area contributed by atoms with Crippen LogP contribution in [0, 0.1) is 0 Å². The van der Waals surface area contributed by atoms with Gasteiger partial charge in [0.1, 0.15) is 24.4 Å². The third-order valence-electron chi connectivity index (χ3n) is 13.3. The molecule has 68 heavy (non-hydrogen) atoms. The van der Waals surface area contributed by atoms with Gasteiger partial charge >= 0.3 is 5.97 Å². The molecule has 398 valence electrons. The second-order valence-electron chi connectivity index (χ2n) is 19.7. The third-order valence-corrected chi connectivity index (χ3v) is 13.3. The standard InChI is InChI=1S/C57H105NO10/c1-4-7-10-13-16-19-22-25-28-31-34-37-40-43-49(60)48(58-56(65)50(61)44-41-38-35-32-29-26-23-20-17-14-11-8-5-2)47-66-57-55(54(64)53(63)51(46-59)67-57)68-52(62)45-42-39-36-33-30-27-24-21-18-15-12-9-6-3/h27,29-30,32,40,43,48-51,53-55,57,59-61,63-64H,4-26,28,31,33-39,41-42,44-47H2,1-3H3,(H,58,65)/b30-27-,32-29-,43-40+. The maximum atomic E-state index is 13.3. The van der Waals surface area contributed by atoms with Gasteiger partial charge in [0, 0.05) is 6.42 Å². The van der Waals surface area contributed by atoms with Gasteiger partial charge in [0.2, 0.25) is 5.91 Å². The Hall–Kier alpha value is -2.12. The molecule has 1 aliphatic heterocycles. The van der Waals surface area contributed by atoms with Crippen LogP contribution in [0.3, 0.4) is 0 Å². The summed E-state index contributed by atoms with van der Waals surface area (Å²) in [6.45, 7) is 5.74. The summed E-state index contributed by atoms with van der Waals surface area (Å²) in [5.41, 5.74) is 0. The number of unbranched alkanes of at least 4 members (excludes halogenated alkanes) is 29. The second kappa shape index (κ2) is 46.0. The van der Waals surface area contributed by atoms with Crippen molar-refractivity contribution >= 4 is 11.9 Å². The highest BCUT2D eigenvalue weighted by molar-refractivity contribution is 5.80. The summed E-state index contributed by atoms with van der Waals surface area (Å²) in [5.74, 6) is -1.23. The van der Waals surface area contributed by atoms with Crippen LogP contribution in [0.1, 0.15) is 252 Å². The highest BCUT2D eigenvalue weighted by atomic mass is 16.7. The molecule has 1 saturated heterocycles. The van der Waals surface area contributed by atoms with Gasteiger partial charge in [-0.15, -0.1) is 0 Å². The zero-order valence-electron chi connectivity index (χ0n) is 43.7. The number of amides is 1. The predicted octanol–water partition coefficient (Wildman–Crippen LogP) is 12.3. The number of aliphatic hydroxyl groups excluding tert-OH is 5. The summed E-state index contributed by atoms with van der Waals surface area (Å²) in [7, 11) is 0. The van der Waals surface area contributed by atoms with E-state index in [2.05, 4.69) is 50.4 Å². The van der Waals surface area contributed by atoms with Gasteiger partial charge in [-0.2, -0.15) is 0 Å². The molecule has 1 heterocycles. The van der Waals surface area contributed by atoms with Crippen molar-refractivity contribution in [2.45, 2.75) is 301 Å². The Labute approximate surface area is 415 Å². The number of aliphatic hydroxyl groups is 5. The molecule has 11 nitrogen and oxygen atoms in total. The summed E-state index contributed by atoms with van der Waals surface area (Å²) in [6.07, 6.45) is 41.9. The molecule has 0 saturated carbocycles. The minimum absolute atomic E-state index is 0.103. The Morgan fingerprint density at radius 2 is 0.971 bits per heavy atom. The molecule has 8 unspecified atom stereocenters. The summed E-state index contributed by atoms with van der Waals surface area (Å²) >= 11 is 0. The number of ether oxygens (including phenoxy) is 3. The highest BCUT2D eigenvalue weighted by Gasteiger charge is 2.47. The van der Waals surface area contributed by atoms with Crippen LogP contribution >= 0.6 is 0 Å². The number of hydrogen-bond donors (Lipinski definition) is 6. The van der Waals surface area contributed by atoms with Gasteiger partial charge in [0.25, 0.3) is 0 Å². The lowest BCUT2D eigenvalue weighted by Gasteiger charge is -2.41. The smallest absolute Gasteiger partial charge is 0.306 e. The lowest BCUT2D eigenvalue weighted by Crippen LogP contribution is -2.61. The zero-order valence-corrected chi connectivity index (χ0v) is 43.7. The first-order valence-electron chi connectivity index (χ1n) is 28.3. The summed E-state index contributed by atoms with van der Waals surface area (Å²) < 4.78 is 17.5. The fraction of sp³-hybridized carbons (Fsp3) is 0.860. The quantitative estimate of drug-likeness (QED) is 0.0196. The molecule has 0 radical (unpaired) electrons. The number of nitrogens with one attached hydrogen (secondary N) is 1. The first kappa shape index (κ1) is 63.9. The van der Waals surface area contributed by atoms with E-state index in [-0.39, 0.29) is 19.4 Å². The van der Waals surface area contributed by atoms with Gasteiger partial charge in [-0.3, -0.25) is 9.59 Å². The largest absolute Gasteiger partial charge is 0.454 e. The molecule has 0 aromatic rings. The molecule has 1 aliphatic rings. The topological polar surface area (TPSA) is 175 Å². The lowest BCUT2D eigenvalue weighted by atomic mass is 9.99. The molecule has 8 atom stereocenters. The predicted molar refractivity (Wildman–Crippen MR) is 278 cm³/mol. The molecule has 0 aliphatic carbocycles. The lowest BCUT2D eigenvalue weighted by molar-refractivity contribution is -0.305. The first-order chi connectivity index (χ1) is 33.2. The van der Waals surface area contributed by atoms with Crippen LogP contribution in [-0.4, -0.2) is 99.6 Å². The van der Waals surface area contributed by atoms with E-state index in [1.54, 1.807) is 6.08 Å². The number of esters is 1. The molecule has 1 fully saturated rings. The van der Waals surface area contributed by atoms with E-state index in [1.165, 1.54) is 141 Å². The molecule has 0 aromatic heterocycles. The maximum absolute atomic E-state index is 13.3. The van der Waals surface area contributed by atoms with E-state index in [4.69, 9.17) is 14.2 Å². The van der Waals surface area contributed by atoms with Crippen molar-refractivity contribution in [3.05, 3.63) is 36.5 Å². The maximum Gasteiger partial charge on any atom is 0.306 e. The molecule has 11 heteroatoms. The van der Waals surface area contributed by atoms with Crippen molar-refractivity contribution in [3.63, 3.8) is 0 Å². The van der Waals surface area contributed by atoms with Crippen LogP contribution in [0.4, 0.5) is 0 Å². The molecule has 6 N–H and O–H groups in total. The van der Waals surface area contributed by atoms with E-state index < -0.39 is 67.4 Å². The number of hydrogen-bond acceptors (Lipinski definition) is 10. The summed E-state index contributed by atoms with van der Waals surface area (Å²) in [6, 6.07) is -1.03. The van der Waals surface area contributed by atoms with Crippen molar-refractivity contribution in [2.24, 2.45) is 0 Å². The van der Waals surface area contributed by atoms with Crippen molar-refractivity contribution in [2.75, 3.05) is 13.2 Å². The van der Waals surface area contributed by atoms with Crippen LogP contribution < -0.4 is 5.32 Å². The van der Waals surface area contributed by atoms with E-state index in [0.717, 1.165) is 64.2 Å². The van der Waals surface area contributed by atoms with Crippen LogP contribution in [0.2, 0.25) is 0 Å². The highest BCUT2D eigenvalue weighted by Crippen LogP contribution is 2.26. The molecule has 1 amide bonds. The average molecular weight is 964 g/mol. The molecule has 0 spiro atoms. The van der Waals surface area contributed by atoms with Crippen molar-refractivity contribution in [1.29, 1.82) is 0 Å². The molecular weight excluding hydrogens is 859 g/mol. The normalized spacial score (nSPS) is 20.1. The third kappa shape index (κ3) is 34.2. The molecule has 1 rings (SSSR count). The number of allylic oxidation sites excluding steroid dienone is 5.